The van der Waals surface area contributed by atoms with Crippen LogP contribution in [0.2, 0.25) is 0 Å². The predicted molar refractivity (Wildman–Crippen MR) is 64.1 cm³/mol. The zero-order valence-electron chi connectivity index (χ0n) is 9.83. The third-order valence-corrected chi connectivity index (χ3v) is 2.81. The molecule has 9 heteroatoms. The summed E-state index contributed by atoms with van der Waals surface area (Å²) in [6.07, 6.45) is 0.0696. The van der Waals surface area contributed by atoms with E-state index in [2.05, 4.69) is 15.4 Å². The highest BCUT2D eigenvalue weighted by molar-refractivity contribution is 5.62. The molecule has 0 saturated carbocycles. The molecule has 4 N–H and O–H groups in total. The topological polar surface area (TPSA) is 130 Å². The molecule has 2 rings (SSSR count). The molecule has 0 amide bonds. The second kappa shape index (κ2) is 4.70. The van der Waals surface area contributed by atoms with Gasteiger partial charge in [-0.2, -0.15) is 4.98 Å². The van der Waals surface area contributed by atoms with E-state index in [-0.39, 0.29) is 23.1 Å². The molecule has 1 fully saturated rings. The molecular weight excluding hydrogens is 240 g/mol. The molecule has 1 saturated heterocycles. The average Bonchev–Trinajstić information content (AvgIpc) is 2.74. The third-order valence-electron chi connectivity index (χ3n) is 2.81. The molecule has 18 heavy (non-hydrogen) atoms. The lowest BCUT2D eigenvalue weighted by molar-refractivity contribution is -0.385. The van der Waals surface area contributed by atoms with Crippen LogP contribution in [0.3, 0.4) is 0 Å². The van der Waals surface area contributed by atoms with E-state index >= 15 is 0 Å². The van der Waals surface area contributed by atoms with Crippen LogP contribution in [0.15, 0.2) is 0 Å². The number of nitrogens with two attached hydrogens (primary N) is 1. The Balaban J connectivity index is 2.48. The summed E-state index contributed by atoms with van der Waals surface area (Å²) in [6.45, 7) is 2.36. The summed E-state index contributed by atoms with van der Waals surface area (Å²) in [5, 5.41) is 20.6. The number of aliphatic hydroxyl groups excluding tert-OH is 1. The molecule has 0 bridgehead atoms. The summed E-state index contributed by atoms with van der Waals surface area (Å²) in [5.41, 5.74) is 2.36. The van der Waals surface area contributed by atoms with Crippen LogP contribution in [0.5, 0.6) is 0 Å². The van der Waals surface area contributed by atoms with Crippen molar-refractivity contribution in [3.8, 4) is 0 Å². The molecule has 1 aromatic rings. The summed E-state index contributed by atoms with van der Waals surface area (Å²) >= 11 is 0. The maximum atomic E-state index is 11.1. The minimum absolute atomic E-state index is 0.120. The number of anilines is 2. The quantitative estimate of drug-likeness (QED) is 0.375. The van der Waals surface area contributed by atoms with Crippen molar-refractivity contribution in [2.75, 3.05) is 23.4 Å². The number of rotatable bonds is 3. The second-order valence-electron chi connectivity index (χ2n) is 4.09. The first-order valence-corrected chi connectivity index (χ1v) is 5.45. The summed E-state index contributed by atoms with van der Waals surface area (Å²) in [6, 6.07) is 0. The fraction of sp³-hybridized carbons (Fsp3) is 0.556. The lowest BCUT2D eigenvalue weighted by atomic mass is 10.3. The Bertz CT molecular complexity index is 480. The fourth-order valence-electron chi connectivity index (χ4n) is 1.98. The lowest BCUT2D eigenvalue weighted by Crippen LogP contribution is -2.25. The average molecular weight is 254 g/mol. The van der Waals surface area contributed by atoms with Gasteiger partial charge in [0.2, 0.25) is 11.8 Å². The molecule has 9 nitrogen and oxygen atoms in total. The minimum Gasteiger partial charge on any atom is -0.391 e. The number of nitro groups is 1. The highest BCUT2D eigenvalue weighted by atomic mass is 16.6. The summed E-state index contributed by atoms with van der Waals surface area (Å²) in [5.74, 6) is 5.54. The number of β-amino-alcohol motifs (C(OH)–C–C–N with tert-alkyl or cyclic N) is 1. The van der Waals surface area contributed by atoms with Gasteiger partial charge in [0.15, 0.2) is 0 Å². The molecule has 1 aliphatic rings. The van der Waals surface area contributed by atoms with E-state index in [4.69, 9.17) is 5.84 Å². The number of aliphatic hydroxyl groups is 1. The number of hydrazine groups is 1. The lowest BCUT2D eigenvalue weighted by Gasteiger charge is -2.17. The Hall–Kier alpha value is -2.00. The number of nitrogens with zero attached hydrogens (tertiary/aromatic N) is 4. The molecule has 1 unspecified atom stereocenters. The van der Waals surface area contributed by atoms with Gasteiger partial charge in [0.25, 0.3) is 0 Å². The van der Waals surface area contributed by atoms with Crippen LogP contribution in [0.4, 0.5) is 17.5 Å². The van der Waals surface area contributed by atoms with Crippen molar-refractivity contribution in [1.29, 1.82) is 0 Å². The first kappa shape index (κ1) is 12.5. The molecule has 1 aromatic heterocycles. The summed E-state index contributed by atoms with van der Waals surface area (Å²) < 4.78 is 0. The van der Waals surface area contributed by atoms with Gasteiger partial charge in [-0.1, -0.05) is 0 Å². The third kappa shape index (κ3) is 2.17. The molecule has 98 valence electrons. The van der Waals surface area contributed by atoms with Crippen LogP contribution in [0, 0.1) is 17.0 Å². The normalized spacial score (nSPS) is 19.1. The van der Waals surface area contributed by atoms with Gasteiger partial charge in [-0.15, -0.1) is 0 Å². The van der Waals surface area contributed by atoms with Gasteiger partial charge in [0.05, 0.1) is 11.0 Å². The number of hydrogen-bond donors (Lipinski definition) is 3. The van der Waals surface area contributed by atoms with E-state index in [1.54, 1.807) is 4.90 Å². The first-order chi connectivity index (χ1) is 8.52. The van der Waals surface area contributed by atoms with Gasteiger partial charge < -0.3 is 10.0 Å². The Morgan fingerprint density at radius 2 is 2.33 bits per heavy atom. The Labute approximate surface area is 103 Å². The van der Waals surface area contributed by atoms with Gasteiger partial charge in [-0.05, 0) is 13.3 Å². The molecule has 0 spiro atoms. The zero-order valence-corrected chi connectivity index (χ0v) is 9.83. The van der Waals surface area contributed by atoms with E-state index in [1.807, 2.05) is 0 Å². The van der Waals surface area contributed by atoms with Gasteiger partial charge >= 0.3 is 5.69 Å². The van der Waals surface area contributed by atoms with Crippen LogP contribution >= 0.6 is 0 Å². The van der Waals surface area contributed by atoms with Crippen molar-refractivity contribution in [3.05, 3.63) is 15.8 Å². The summed E-state index contributed by atoms with van der Waals surface area (Å²) in [7, 11) is 0. The second-order valence-corrected chi connectivity index (χ2v) is 4.09. The highest BCUT2D eigenvalue weighted by Crippen LogP contribution is 2.31. The van der Waals surface area contributed by atoms with Gasteiger partial charge in [0, 0.05) is 13.1 Å². The van der Waals surface area contributed by atoms with E-state index < -0.39 is 11.0 Å². The first-order valence-electron chi connectivity index (χ1n) is 5.45. The SMILES string of the molecule is Cc1nc(NN)nc(N2CCC(O)C2)c1[N+](=O)[O-]. The van der Waals surface area contributed by atoms with E-state index in [0.29, 0.717) is 19.5 Å². The van der Waals surface area contributed by atoms with Crippen molar-refractivity contribution in [2.45, 2.75) is 19.4 Å². The Morgan fingerprint density at radius 1 is 1.61 bits per heavy atom. The van der Waals surface area contributed by atoms with Crippen molar-refractivity contribution in [2.24, 2.45) is 5.84 Å². The number of nitrogens with one attached hydrogen (secondary N) is 1. The Morgan fingerprint density at radius 3 is 2.83 bits per heavy atom. The van der Waals surface area contributed by atoms with E-state index in [9.17, 15) is 15.2 Å². The number of aryl methyl sites for hydroxylation is 1. The van der Waals surface area contributed by atoms with E-state index in [1.165, 1.54) is 6.92 Å². The van der Waals surface area contributed by atoms with Crippen molar-refractivity contribution in [1.82, 2.24) is 9.97 Å². The van der Waals surface area contributed by atoms with Crippen molar-refractivity contribution < 1.29 is 10.0 Å². The van der Waals surface area contributed by atoms with Crippen LogP contribution < -0.4 is 16.2 Å². The predicted octanol–water partition coefficient (Wildman–Crippen LogP) is -0.450. The molecule has 1 atom stereocenters. The zero-order chi connectivity index (χ0) is 13.3. The van der Waals surface area contributed by atoms with Crippen LogP contribution in [0.25, 0.3) is 0 Å². The molecule has 2 heterocycles. The smallest absolute Gasteiger partial charge is 0.332 e. The number of nitrogen functional groups attached to an aromatic ring is 1. The van der Waals surface area contributed by atoms with Crippen molar-refractivity contribution in [3.63, 3.8) is 0 Å². The number of hydrogen-bond acceptors (Lipinski definition) is 8. The van der Waals surface area contributed by atoms with Crippen LogP contribution in [0.1, 0.15) is 12.1 Å². The van der Waals surface area contributed by atoms with Gasteiger partial charge in [-0.25, -0.2) is 10.8 Å². The molecule has 0 aliphatic carbocycles. The van der Waals surface area contributed by atoms with Gasteiger partial charge in [-0.3, -0.25) is 15.5 Å². The monoisotopic (exact) mass is 254 g/mol. The standard InChI is InChI=1S/C9H14N6O3/c1-5-7(15(17)18)8(12-9(11-5)13-10)14-3-2-6(16)4-14/h6,16H,2-4,10H2,1H3,(H,11,12,13). The molecule has 0 aromatic carbocycles. The molecular formula is C9H14N6O3. The number of aromatic nitrogens is 2. The maximum absolute atomic E-state index is 11.1. The van der Waals surface area contributed by atoms with E-state index in [0.717, 1.165) is 0 Å². The fourth-order valence-corrected chi connectivity index (χ4v) is 1.98. The van der Waals surface area contributed by atoms with Crippen LogP contribution in [-0.2, 0) is 0 Å². The Kier molecular flexibility index (Phi) is 3.26. The van der Waals surface area contributed by atoms with Crippen molar-refractivity contribution >= 4 is 17.5 Å². The van der Waals surface area contributed by atoms with Gasteiger partial charge in [0.1, 0.15) is 5.69 Å². The molecule has 1 aliphatic heterocycles. The maximum Gasteiger partial charge on any atom is 0.332 e. The largest absolute Gasteiger partial charge is 0.391 e. The summed E-state index contributed by atoms with van der Waals surface area (Å²) in [4.78, 5) is 20.1. The molecule has 0 radical (unpaired) electrons. The minimum atomic E-state index is -0.518. The van der Waals surface area contributed by atoms with Crippen LogP contribution in [-0.4, -0.2) is 39.2 Å². The highest BCUT2D eigenvalue weighted by Gasteiger charge is 2.30.